The highest BCUT2D eigenvalue weighted by Gasteiger charge is 2.07. The van der Waals surface area contributed by atoms with Crippen LogP contribution in [0, 0.1) is 0 Å². The van der Waals surface area contributed by atoms with E-state index in [2.05, 4.69) is 9.97 Å². The van der Waals surface area contributed by atoms with E-state index in [-0.39, 0.29) is 5.75 Å². The SMILES string of the molecule is NC(=O)c1cnc2cncc(CCC[SH](=O)=O)c2c1. The van der Waals surface area contributed by atoms with Gasteiger partial charge >= 0.3 is 0 Å². The topological polar surface area (TPSA) is 103 Å². The zero-order valence-corrected chi connectivity index (χ0v) is 11.0. The Hall–Kier alpha value is -2.02. The molecule has 0 bridgehead atoms. The first-order valence-electron chi connectivity index (χ1n) is 5.72. The van der Waals surface area contributed by atoms with E-state index < -0.39 is 16.6 Å². The summed E-state index contributed by atoms with van der Waals surface area (Å²) in [4.78, 5) is 19.3. The van der Waals surface area contributed by atoms with E-state index in [0.717, 1.165) is 10.9 Å². The molecule has 19 heavy (non-hydrogen) atoms. The summed E-state index contributed by atoms with van der Waals surface area (Å²) in [5.41, 5.74) is 7.08. The number of nitrogens with two attached hydrogens (primary N) is 1. The van der Waals surface area contributed by atoms with Gasteiger partial charge in [-0.2, -0.15) is 0 Å². The maximum Gasteiger partial charge on any atom is 0.250 e. The molecule has 0 radical (unpaired) electrons. The molecule has 0 aliphatic heterocycles. The molecule has 6 nitrogen and oxygen atoms in total. The molecule has 2 N–H and O–H groups in total. The van der Waals surface area contributed by atoms with Crippen LogP contribution < -0.4 is 5.73 Å². The molecular weight excluding hydrogens is 266 g/mol. The van der Waals surface area contributed by atoms with Gasteiger partial charge in [-0.15, -0.1) is 0 Å². The zero-order valence-electron chi connectivity index (χ0n) is 10.1. The molecule has 7 heteroatoms. The fourth-order valence-electron chi connectivity index (χ4n) is 1.84. The number of aryl methyl sites for hydroxylation is 1. The van der Waals surface area contributed by atoms with Crippen LogP contribution in [0.1, 0.15) is 22.3 Å². The monoisotopic (exact) mass is 279 g/mol. The number of carbonyl (C=O) groups excluding carboxylic acids is 1. The van der Waals surface area contributed by atoms with Gasteiger partial charge in [-0.05, 0) is 24.5 Å². The first kappa shape index (κ1) is 13.4. The number of hydrogen-bond donors (Lipinski definition) is 2. The summed E-state index contributed by atoms with van der Waals surface area (Å²) in [6.45, 7) is 0. The summed E-state index contributed by atoms with van der Waals surface area (Å²) in [7, 11) is -2.37. The van der Waals surface area contributed by atoms with Gasteiger partial charge < -0.3 is 5.73 Å². The van der Waals surface area contributed by atoms with Crippen molar-refractivity contribution in [2.45, 2.75) is 12.8 Å². The Morgan fingerprint density at radius 3 is 2.74 bits per heavy atom. The lowest BCUT2D eigenvalue weighted by atomic mass is 10.1. The summed E-state index contributed by atoms with van der Waals surface area (Å²) >= 11 is 0. The number of amides is 1. The molecule has 0 fully saturated rings. The lowest BCUT2D eigenvalue weighted by Crippen LogP contribution is -2.11. The largest absolute Gasteiger partial charge is 0.366 e. The van der Waals surface area contributed by atoms with Crippen LogP contribution in [-0.2, 0) is 17.1 Å². The van der Waals surface area contributed by atoms with Crippen LogP contribution in [-0.4, -0.2) is 30.0 Å². The minimum absolute atomic E-state index is 0.134. The van der Waals surface area contributed by atoms with E-state index in [1.807, 2.05) is 0 Å². The molecule has 2 heterocycles. The maximum atomic E-state index is 11.1. The lowest BCUT2D eigenvalue weighted by molar-refractivity contribution is 0.1000. The van der Waals surface area contributed by atoms with E-state index in [4.69, 9.17) is 5.73 Å². The molecule has 0 spiro atoms. The first-order chi connectivity index (χ1) is 9.08. The van der Waals surface area contributed by atoms with E-state index in [9.17, 15) is 13.2 Å². The molecule has 0 atom stereocenters. The Labute approximate surface area is 111 Å². The molecule has 0 aromatic carbocycles. The van der Waals surface area contributed by atoms with Crippen molar-refractivity contribution in [1.82, 2.24) is 9.97 Å². The van der Waals surface area contributed by atoms with Crippen molar-refractivity contribution in [3.63, 3.8) is 0 Å². The average Bonchev–Trinajstić information content (AvgIpc) is 2.38. The number of thiol groups is 1. The van der Waals surface area contributed by atoms with Crippen molar-refractivity contribution in [3.8, 4) is 0 Å². The number of hydrogen-bond acceptors (Lipinski definition) is 5. The van der Waals surface area contributed by atoms with Crippen molar-refractivity contribution >= 4 is 27.5 Å². The molecule has 0 saturated carbocycles. The molecule has 100 valence electrons. The summed E-state index contributed by atoms with van der Waals surface area (Å²) < 4.78 is 21.1. The smallest absolute Gasteiger partial charge is 0.250 e. The van der Waals surface area contributed by atoms with Gasteiger partial charge in [0, 0.05) is 23.5 Å². The van der Waals surface area contributed by atoms with E-state index >= 15 is 0 Å². The maximum absolute atomic E-state index is 11.1. The van der Waals surface area contributed by atoms with Crippen LogP contribution >= 0.6 is 0 Å². The molecule has 2 rings (SSSR count). The Kier molecular flexibility index (Phi) is 4.06. The lowest BCUT2D eigenvalue weighted by Gasteiger charge is -2.05. The Morgan fingerprint density at radius 1 is 1.26 bits per heavy atom. The third-order valence-electron chi connectivity index (χ3n) is 2.76. The van der Waals surface area contributed by atoms with Gasteiger partial charge in [0.2, 0.25) is 5.91 Å². The van der Waals surface area contributed by atoms with E-state index in [1.54, 1.807) is 18.5 Å². The number of nitrogens with zero attached hydrogens (tertiary/aromatic N) is 2. The van der Waals surface area contributed by atoms with Gasteiger partial charge in [0.15, 0.2) is 0 Å². The van der Waals surface area contributed by atoms with E-state index in [0.29, 0.717) is 23.9 Å². The first-order valence-corrected chi connectivity index (χ1v) is 7.08. The van der Waals surface area contributed by atoms with Gasteiger partial charge in [-0.3, -0.25) is 14.8 Å². The fourth-order valence-corrected chi connectivity index (χ4v) is 2.25. The summed E-state index contributed by atoms with van der Waals surface area (Å²) in [5.74, 6) is -0.408. The van der Waals surface area contributed by atoms with Crippen LogP contribution in [0.5, 0.6) is 0 Å². The van der Waals surface area contributed by atoms with Crippen molar-refractivity contribution in [2.24, 2.45) is 5.73 Å². The van der Waals surface area contributed by atoms with Crippen LogP contribution in [0.15, 0.2) is 24.7 Å². The van der Waals surface area contributed by atoms with E-state index in [1.165, 1.54) is 6.20 Å². The number of carbonyl (C=O) groups is 1. The van der Waals surface area contributed by atoms with Gasteiger partial charge in [0.1, 0.15) is 10.7 Å². The van der Waals surface area contributed by atoms with Gasteiger partial charge in [0.05, 0.1) is 17.3 Å². The molecule has 0 aliphatic rings. The molecule has 0 unspecified atom stereocenters. The second kappa shape index (κ2) is 5.75. The Balaban J connectivity index is 2.36. The van der Waals surface area contributed by atoms with Crippen molar-refractivity contribution < 1.29 is 13.2 Å². The predicted octanol–water partition coefficient (Wildman–Crippen LogP) is 0.273. The Bertz CT molecular complexity index is 690. The minimum Gasteiger partial charge on any atom is -0.366 e. The van der Waals surface area contributed by atoms with Crippen LogP contribution in [0.25, 0.3) is 10.9 Å². The fraction of sp³-hybridized carbons (Fsp3) is 0.250. The quantitative estimate of drug-likeness (QED) is 0.765. The third kappa shape index (κ3) is 3.25. The molecular formula is C12H13N3O3S. The standard InChI is InChI=1S/C12H13N3O3S/c13-12(16)9-4-10-8(2-1-3-19(17)18)5-14-7-11(10)15-6-9/h4-7,19H,1-3H2,(H2,13,16). The van der Waals surface area contributed by atoms with Crippen LogP contribution in [0.2, 0.25) is 0 Å². The van der Waals surface area contributed by atoms with Crippen LogP contribution in [0.3, 0.4) is 0 Å². The molecule has 0 saturated heterocycles. The number of pyridine rings is 2. The highest BCUT2D eigenvalue weighted by atomic mass is 32.2. The second-order valence-corrected chi connectivity index (χ2v) is 5.23. The summed E-state index contributed by atoms with van der Waals surface area (Å²) in [5, 5.41) is 0.785. The minimum atomic E-state index is -2.37. The molecule has 1 amide bonds. The van der Waals surface area contributed by atoms with Gasteiger partial charge in [-0.25, -0.2) is 8.42 Å². The number of rotatable bonds is 5. The third-order valence-corrected chi connectivity index (χ3v) is 3.44. The number of fused-ring (bicyclic) bond motifs is 1. The van der Waals surface area contributed by atoms with Gasteiger partial charge in [0.25, 0.3) is 0 Å². The molecule has 0 aliphatic carbocycles. The zero-order chi connectivity index (χ0) is 13.8. The normalized spacial score (nSPS) is 11.0. The second-order valence-electron chi connectivity index (χ2n) is 4.11. The molecule has 2 aromatic heterocycles. The average molecular weight is 279 g/mol. The van der Waals surface area contributed by atoms with Crippen LogP contribution in [0.4, 0.5) is 0 Å². The number of primary amides is 1. The predicted molar refractivity (Wildman–Crippen MR) is 71.6 cm³/mol. The Morgan fingerprint density at radius 2 is 2.05 bits per heavy atom. The van der Waals surface area contributed by atoms with Gasteiger partial charge in [-0.1, -0.05) is 0 Å². The number of aromatic nitrogens is 2. The van der Waals surface area contributed by atoms with Crippen molar-refractivity contribution in [1.29, 1.82) is 0 Å². The van der Waals surface area contributed by atoms with Crippen molar-refractivity contribution in [3.05, 3.63) is 35.8 Å². The highest BCUT2D eigenvalue weighted by molar-refractivity contribution is 7.72. The molecule has 2 aromatic rings. The van der Waals surface area contributed by atoms with Crippen molar-refractivity contribution in [2.75, 3.05) is 5.75 Å². The highest BCUT2D eigenvalue weighted by Crippen LogP contribution is 2.18. The summed E-state index contributed by atoms with van der Waals surface area (Å²) in [6, 6.07) is 1.67. The summed E-state index contributed by atoms with van der Waals surface area (Å²) in [6.07, 6.45) is 5.74.